The second-order valence-corrected chi connectivity index (χ2v) is 6.39. The van der Waals surface area contributed by atoms with E-state index in [0.29, 0.717) is 6.17 Å². The summed E-state index contributed by atoms with van der Waals surface area (Å²) in [6.07, 6.45) is 6.89. The Labute approximate surface area is 140 Å². The number of para-hydroxylation sites is 1. The number of fused-ring (bicyclic) bond motifs is 5. The lowest BCUT2D eigenvalue weighted by Crippen LogP contribution is -2.36. The molecule has 5 heteroatoms. The fourth-order valence-electron chi connectivity index (χ4n) is 3.76. The number of hydrogen-bond donors (Lipinski definition) is 0. The number of rotatable bonds is 1. The first-order valence-electron chi connectivity index (χ1n) is 8.12. The number of benzene rings is 1. The lowest BCUT2D eigenvalue weighted by atomic mass is 10.1. The average molecular weight is 315 g/mol. The molecule has 5 rings (SSSR count). The van der Waals surface area contributed by atoms with E-state index >= 15 is 0 Å². The van der Waals surface area contributed by atoms with Gasteiger partial charge in [0.25, 0.3) is 0 Å². The second-order valence-electron chi connectivity index (χ2n) is 6.39. The predicted octanol–water partition coefficient (Wildman–Crippen LogP) is 3.32. The molecule has 0 saturated heterocycles. The zero-order valence-electron chi connectivity index (χ0n) is 13.6. The smallest absolute Gasteiger partial charge is 0.162 e. The molecule has 1 unspecified atom stereocenters. The van der Waals surface area contributed by atoms with Gasteiger partial charge in [-0.3, -0.25) is 4.98 Å². The summed E-state index contributed by atoms with van der Waals surface area (Å²) in [5, 5.41) is 0. The van der Waals surface area contributed by atoms with Crippen LogP contribution in [0, 0.1) is 6.92 Å². The van der Waals surface area contributed by atoms with Crippen molar-refractivity contribution in [2.75, 3.05) is 16.8 Å². The monoisotopic (exact) mass is 315 g/mol. The molecule has 0 fully saturated rings. The molecular weight excluding hydrogens is 298 g/mol. The van der Waals surface area contributed by atoms with Crippen molar-refractivity contribution in [3.8, 4) is 11.4 Å². The van der Waals surface area contributed by atoms with Gasteiger partial charge in [0.05, 0.1) is 6.20 Å². The van der Waals surface area contributed by atoms with Gasteiger partial charge >= 0.3 is 0 Å². The summed E-state index contributed by atoms with van der Waals surface area (Å²) in [7, 11) is 2.12. The highest BCUT2D eigenvalue weighted by Gasteiger charge is 2.41. The van der Waals surface area contributed by atoms with Gasteiger partial charge in [0.1, 0.15) is 11.9 Å². The van der Waals surface area contributed by atoms with Gasteiger partial charge in [-0.25, -0.2) is 9.97 Å². The summed E-state index contributed by atoms with van der Waals surface area (Å²) < 4.78 is 0. The van der Waals surface area contributed by atoms with Crippen molar-refractivity contribution in [2.45, 2.75) is 19.5 Å². The third-order valence-corrected chi connectivity index (χ3v) is 5.00. The normalized spacial score (nSPS) is 17.7. The van der Waals surface area contributed by atoms with Crippen molar-refractivity contribution in [1.29, 1.82) is 0 Å². The first kappa shape index (κ1) is 13.5. The van der Waals surface area contributed by atoms with E-state index in [2.05, 4.69) is 51.1 Å². The summed E-state index contributed by atoms with van der Waals surface area (Å²) >= 11 is 0. The van der Waals surface area contributed by atoms with Crippen LogP contribution in [-0.2, 0) is 6.42 Å². The summed E-state index contributed by atoms with van der Waals surface area (Å²) in [5.74, 6) is 1.76. The fraction of sp³-hybridized carbons (Fsp3) is 0.211. The van der Waals surface area contributed by atoms with Gasteiger partial charge in [-0.15, -0.1) is 0 Å². The van der Waals surface area contributed by atoms with Crippen molar-refractivity contribution in [3.63, 3.8) is 0 Å². The molecule has 4 heterocycles. The van der Waals surface area contributed by atoms with Gasteiger partial charge in [-0.1, -0.05) is 18.2 Å². The molecule has 5 nitrogen and oxygen atoms in total. The molecule has 24 heavy (non-hydrogen) atoms. The number of nitrogens with zero attached hydrogens (tertiary/aromatic N) is 5. The Hall–Kier alpha value is -2.95. The Morgan fingerprint density at radius 3 is 2.83 bits per heavy atom. The third-order valence-electron chi connectivity index (χ3n) is 5.00. The molecule has 3 aromatic rings. The van der Waals surface area contributed by atoms with E-state index < -0.39 is 0 Å². The molecule has 0 N–H and O–H groups in total. The highest BCUT2D eigenvalue weighted by molar-refractivity contribution is 5.85. The van der Waals surface area contributed by atoms with Gasteiger partial charge in [0, 0.05) is 37.1 Å². The predicted molar refractivity (Wildman–Crippen MR) is 94.5 cm³/mol. The molecule has 1 atom stereocenters. The lowest BCUT2D eigenvalue weighted by Gasteiger charge is -2.22. The van der Waals surface area contributed by atoms with Crippen LogP contribution in [0.3, 0.4) is 0 Å². The Balaban J connectivity index is 1.65. The van der Waals surface area contributed by atoms with E-state index in [9.17, 15) is 0 Å². The van der Waals surface area contributed by atoms with E-state index in [1.807, 2.05) is 25.4 Å². The van der Waals surface area contributed by atoms with E-state index in [-0.39, 0.29) is 0 Å². The number of aromatic nitrogens is 3. The molecule has 0 bridgehead atoms. The molecule has 0 radical (unpaired) electrons. The minimum absolute atomic E-state index is 0.292. The van der Waals surface area contributed by atoms with Crippen molar-refractivity contribution >= 4 is 17.2 Å². The summed E-state index contributed by atoms with van der Waals surface area (Å²) in [5.41, 5.74) is 5.86. The molecule has 118 valence electrons. The Kier molecular flexibility index (Phi) is 2.68. The molecule has 0 aliphatic carbocycles. The largest absolute Gasteiger partial charge is 0.337 e. The average Bonchev–Trinajstić information content (AvgIpc) is 3.12. The van der Waals surface area contributed by atoms with Gasteiger partial charge in [0.15, 0.2) is 11.6 Å². The van der Waals surface area contributed by atoms with Crippen molar-refractivity contribution in [1.82, 2.24) is 15.0 Å². The van der Waals surface area contributed by atoms with E-state index in [4.69, 9.17) is 4.98 Å². The minimum atomic E-state index is 0.292. The van der Waals surface area contributed by atoms with Gasteiger partial charge in [-0.2, -0.15) is 0 Å². The van der Waals surface area contributed by atoms with Crippen molar-refractivity contribution < 1.29 is 0 Å². The van der Waals surface area contributed by atoms with E-state index in [0.717, 1.165) is 34.9 Å². The van der Waals surface area contributed by atoms with E-state index in [1.54, 1.807) is 6.20 Å². The van der Waals surface area contributed by atoms with Crippen LogP contribution < -0.4 is 9.80 Å². The van der Waals surface area contributed by atoms with Crippen LogP contribution in [0.2, 0.25) is 0 Å². The van der Waals surface area contributed by atoms with Crippen LogP contribution in [0.15, 0.2) is 48.9 Å². The minimum Gasteiger partial charge on any atom is -0.337 e. The van der Waals surface area contributed by atoms with Gasteiger partial charge < -0.3 is 9.80 Å². The summed E-state index contributed by atoms with van der Waals surface area (Å²) in [4.78, 5) is 18.3. The number of hydrogen-bond acceptors (Lipinski definition) is 5. The summed E-state index contributed by atoms with van der Waals surface area (Å²) in [6, 6.07) is 10.6. The standard InChI is InChI=1S/C19H17N5/c1-12-10-20-8-7-14(12)18-21-11-16-19(22-18)23(2)17-9-13-5-3-4-6-15(13)24(16)17/h3-8,10-11,17H,9H2,1-2H3. The van der Waals surface area contributed by atoms with Crippen LogP contribution in [0.1, 0.15) is 11.1 Å². The van der Waals surface area contributed by atoms with Crippen molar-refractivity contribution in [2.24, 2.45) is 0 Å². The topological polar surface area (TPSA) is 45.2 Å². The second kappa shape index (κ2) is 4.77. The van der Waals surface area contributed by atoms with Crippen molar-refractivity contribution in [3.05, 3.63) is 60.0 Å². The lowest BCUT2D eigenvalue weighted by molar-refractivity contribution is 0.699. The first-order valence-corrected chi connectivity index (χ1v) is 8.12. The van der Waals surface area contributed by atoms with Crippen LogP contribution in [0.5, 0.6) is 0 Å². The molecule has 2 aliphatic rings. The maximum Gasteiger partial charge on any atom is 0.162 e. The summed E-state index contributed by atoms with van der Waals surface area (Å²) in [6.45, 7) is 2.04. The number of pyridine rings is 1. The van der Waals surface area contributed by atoms with Crippen LogP contribution in [-0.4, -0.2) is 28.2 Å². The zero-order chi connectivity index (χ0) is 16.3. The van der Waals surface area contributed by atoms with Gasteiger partial charge in [-0.05, 0) is 30.2 Å². The number of aryl methyl sites for hydroxylation is 1. The van der Waals surface area contributed by atoms with Gasteiger partial charge in [0.2, 0.25) is 0 Å². The SMILES string of the molecule is Cc1cnccc1-c1ncc2c(n1)N(C)C1Cc3ccccc3N21. The number of likely N-dealkylation sites (N-methyl/N-ethyl adjacent to an activating group) is 1. The molecule has 0 saturated carbocycles. The maximum absolute atomic E-state index is 4.87. The Morgan fingerprint density at radius 1 is 1.08 bits per heavy atom. The van der Waals surface area contributed by atoms with Crippen LogP contribution in [0.25, 0.3) is 11.4 Å². The third kappa shape index (κ3) is 1.72. The Morgan fingerprint density at radius 2 is 1.96 bits per heavy atom. The zero-order valence-corrected chi connectivity index (χ0v) is 13.6. The van der Waals surface area contributed by atoms with Crippen LogP contribution >= 0.6 is 0 Å². The number of anilines is 3. The highest BCUT2D eigenvalue weighted by Crippen LogP contribution is 2.48. The molecular formula is C19H17N5. The Bertz CT molecular complexity index is 952. The highest BCUT2D eigenvalue weighted by atomic mass is 15.4. The van der Waals surface area contributed by atoms with Crippen LogP contribution in [0.4, 0.5) is 17.2 Å². The van der Waals surface area contributed by atoms with E-state index in [1.165, 1.54) is 11.3 Å². The molecule has 2 aromatic heterocycles. The molecule has 0 amide bonds. The fourth-order valence-corrected chi connectivity index (χ4v) is 3.76. The molecule has 1 aromatic carbocycles. The molecule has 0 spiro atoms. The molecule has 2 aliphatic heterocycles. The quantitative estimate of drug-likeness (QED) is 0.689. The maximum atomic E-state index is 4.87. The first-order chi connectivity index (χ1) is 11.7.